The van der Waals surface area contributed by atoms with Gasteiger partial charge in [-0.15, -0.1) is 0 Å². The molecular formula is C16H15F3N4O5. The van der Waals surface area contributed by atoms with Crippen LogP contribution < -0.4 is 14.9 Å². The second kappa shape index (κ2) is 7.98. The summed E-state index contributed by atoms with van der Waals surface area (Å²) < 4.78 is 48.8. The molecular weight excluding hydrogens is 385 g/mol. The van der Waals surface area contributed by atoms with Gasteiger partial charge in [0.1, 0.15) is 11.3 Å². The van der Waals surface area contributed by atoms with E-state index < -0.39 is 23.7 Å². The van der Waals surface area contributed by atoms with E-state index in [1.807, 2.05) is 5.43 Å². The van der Waals surface area contributed by atoms with Gasteiger partial charge in [-0.3, -0.25) is 9.48 Å². The van der Waals surface area contributed by atoms with Gasteiger partial charge in [0.25, 0.3) is 5.91 Å². The second-order valence-electron chi connectivity index (χ2n) is 5.31. The Kier molecular flexibility index (Phi) is 5.91. The van der Waals surface area contributed by atoms with Crippen molar-refractivity contribution in [1.82, 2.24) is 15.2 Å². The maximum Gasteiger partial charge on any atom is 0.435 e. The van der Waals surface area contributed by atoms with Crippen LogP contribution in [0.15, 0.2) is 23.3 Å². The molecule has 12 heteroatoms. The van der Waals surface area contributed by atoms with Crippen LogP contribution in [0.4, 0.5) is 13.2 Å². The summed E-state index contributed by atoms with van der Waals surface area (Å²) in [5.74, 6) is -2.16. The summed E-state index contributed by atoms with van der Waals surface area (Å²) >= 11 is 0. The van der Waals surface area contributed by atoms with Crippen LogP contribution in [0.1, 0.15) is 32.1 Å². The van der Waals surface area contributed by atoms with Gasteiger partial charge in [-0.2, -0.15) is 23.4 Å². The fourth-order valence-corrected chi connectivity index (χ4v) is 2.31. The number of aromatic nitrogens is 2. The average Bonchev–Trinajstić information content (AvgIpc) is 3.02. The Bertz CT molecular complexity index is 937. The Labute approximate surface area is 156 Å². The number of hydrogen-bond donors (Lipinski definition) is 2. The van der Waals surface area contributed by atoms with Crippen molar-refractivity contribution in [2.75, 3.05) is 14.2 Å². The minimum absolute atomic E-state index is 0.0493. The number of carbonyl (C=O) groups excluding carboxylic acids is 1. The first kappa shape index (κ1) is 20.7. The molecule has 0 atom stereocenters. The minimum atomic E-state index is -4.70. The van der Waals surface area contributed by atoms with Gasteiger partial charge < -0.3 is 14.6 Å². The van der Waals surface area contributed by atoms with E-state index in [0.29, 0.717) is 6.07 Å². The molecule has 0 saturated carbocycles. The highest BCUT2D eigenvalue weighted by atomic mass is 19.4. The molecule has 0 aliphatic heterocycles. The predicted octanol–water partition coefficient (Wildman–Crippen LogP) is 1.92. The molecule has 9 nitrogen and oxygen atoms in total. The lowest BCUT2D eigenvalue weighted by Gasteiger charge is -2.12. The number of halogens is 3. The van der Waals surface area contributed by atoms with Gasteiger partial charge in [0.15, 0.2) is 17.2 Å². The quantitative estimate of drug-likeness (QED) is 0.566. The van der Waals surface area contributed by atoms with Crippen molar-refractivity contribution in [1.29, 1.82) is 0 Å². The molecule has 1 aromatic carbocycles. The van der Waals surface area contributed by atoms with E-state index in [0.717, 1.165) is 10.9 Å². The highest BCUT2D eigenvalue weighted by Crippen LogP contribution is 2.33. The Morgan fingerprint density at radius 1 is 1.29 bits per heavy atom. The summed E-state index contributed by atoms with van der Waals surface area (Å²) in [5, 5.41) is 16.2. The number of alkyl halides is 3. The molecule has 0 fully saturated rings. The van der Waals surface area contributed by atoms with Crippen LogP contribution in [0.2, 0.25) is 0 Å². The number of carbonyl (C=O) groups is 2. The summed E-state index contributed by atoms with van der Waals surface area (Å²) in [7, 11) is 3.76. The zero-order valence-corrected chi connectivity index (χ0v) is 14.9. The zero-order chi connectivity index (χ0) is 21.1. The van der Waals surface area contributed by atoms with Crippen molar-refractivity contribution >= 4 is 18.1 Å². The molecule has 1 amide bonds. The van der Waals surface area contributed by atoms with Gasteiger partial charge >= 0.3 is 12.1 Å². The van der Waals surface area contributed by atoms with Crippen molar-refractivity contribution in [3.8, 4) is 11.5 Å². The van der Waals surface area contributed by atoms with Gasteiger partial charge in [0.2, 0.25) is 0 Å². The molecule has 150 valence electrons. The van der Waals surface area contributed by atoms with Crippen molar-refractivity contribution in [3.63, 3.8) is 0 Å². The van der Waals surface area contributed by atoms with Gasteiger partial charge in [0.05, 0.1) is 20.4 Å². The van der Waals surface area contributed by atoms with Crippen molar-refractivity contribution < 1.29 is 37.3 Å². The van der Waals surface area contributed by atoms with Gasteiger partial charge in [-0.25, -0.2) is 10.2 Å². The third-order valence-corrected chi connectivity index (χ3v) is 3.56. The molecule has 0 spiro atoms. The maximum absolute atomic E-state index is 12.7. The SMILES string of the molecule is COc1ccc(/C=N\NC(=O)c2cc(C(F)(F)F)nn2C)c(C(=O)O)c1OC. The Morgan fingerprint density at radius 2 is 1.96 bits per heavy atom. The fourth-order valence-electron chi connectivity index (χ4n) is 2.31. The third kappa shape index (κ3) is 4.22. The topological polar surface area (TPSA) is 115 Å². The number of rotatable bonds is 6. The number of nitrogens with zero attached hydrogens (tertiary/aromatic N) is 3. The lowest BCUT2D eigenvalue weighted by molar-refractivity contribution is -0.141. The standard InChI is InChI=1S/C16H15F3N4O5/c1-23-9(6-11(22-23)16(17,18)19)14(24)21-20-7-8-4-5-10(27-2)13(28-3)12(8)15(25)26/h4-7H,1-3H3,(H,21,24)(H,25,26)/b20-7-. The first-order valence-corrected chi connectivity index (χ1v) is 7.53. The Hall–Kier alpha value is -3.57. The average molecular weight is 400 g/mol. The smallest absolute Gasteiger partial charge is 0.435 e. The monoisotopic (exact) mass is 400 g/mol. The molecule has 2 aromatic rings. The van der Waals surface area contributed by atoms with E-state index in [9.17, 15) is 27.9 Å². The molecule has 0 radical (unpaired) electrons. The molecule has 1 heterocycles. The molecule has 2 N–H and O–H groups in total. The number of nitrogens with one attached hydrogen (secondary N) is 1. The van der Waals surface area contributed by atoms with E-state index in [-0.39, 0.29) is 28.3 Å². The number of aryl methyl sites for hydroxylation is 1. The zero-order valence-electron chi connectivity index (χ0n) is 14.9. The number of carboxylic acid groups (broad SMARTS) is 1. The highest BCUT2D eigenvalue weighted by Gasteiger charge is 2.35. The Morgan fingerprint density at radius 3 is 2.46 bits per heavy atom. The number of carboxylic acids is 1. The number of methoxy groups -OCH3 is 2. The van der Waals surface area contributed by atoms with Crippen molar-refractivity contribution in [2.45, 2.75) is 6.18 Å². The van der Waals surface area contributed by atoms with E-state index >= 15 is 0 Å². The minimum Gasteiger partial charge on any atom is -0.493 e. The van der Waals surface area contributed by atoms with E-state index in [1.165, 1.54) is 33.4 Å². The van der Waals surface area contributed by atoms with Crippen LogP contribution in [0.3, 0.4) is 0 Å². The normalized spacial score (nSPS) is 11.5. The highest BCUT2D eigenvalue weighted by molar-refractivity contribution is 6.02. The summed E-state index contributed by atoms with van der Waals surface area (Å²) in [6, 6.07) is 3.38. The number of hydrogen-bond acceptors (Lipinski definition) is 6. The number of aromatic carboxylic acids is 1. The number of benzene rings is 1. The van der Waals surface area contributed by atoms with Crippen molar-refractivity contribution in [2.24, 2.45) is 12.1 Å². The van der Waals surface area contributed by atoms with Gasteiger partial charge in [-0.05, 0) is 12.1 Å². The molecule has 0 saturated heterocycles. The molecule has 28 heavy (non-hydrogen) atoms. The molecule has 0 aliphatic carbocycles. The first-order valence-electron chi connectivity index (χ1n) is 7.53. The summed E-state index contributed by atoms with van der Waals surface area (Å²) in [4.78, 5) is 23.6. The van der Waals surface area contributed by atoms with Crippen LogP contribution in [0.5, 0.6) is 11.5 Å². The van der Waals surface area contributed by atoms with Gasteiger partial charge in [0, 0.05) is 18.7 Å². The summed E-state index contributed by atoms with van der Waals surface area (Å²) in [6.45, 7) is 0. The first-order chi connectivity index (χ1) is 13.1. The van der Waals surface area contributed by atoms with Crippen LogP contribution in [0.25, 0.3) is 0 Å². The predicted molar refractivity (Wildman–Crippen MR) is 89.8 cm³/mol. The molecule has 2 rings (SSSR count). The van der Waals surface area contributed by atoms with Crippen LogP contribution in [-0.4, -0.2) is 47.2 Å². The lowest BCUT2D eigenvalue weighted by atomic mass is 10.1. The number of hydrazone groups is 1. The van der Waals surface area contributed by atoms with Crippen molar-refractivity contribution in [3.05, 3.63) is 40.7 Å². The Balaban J connectivity index is 2.27. The van der Waals surface area contributed by atoms with Gasteiger partial charge in [-0.1, -0.05) is 0 Å². The lowest BCUT2D eigenvalue weighted by Crippen LogP contribution is -2.21. The maximum atomic E-state index is 12.7. The summed E-state index contributed by atoms with van der Waals surface area (Å²) in [5.41, 5.74) is 0.230. The molecule has 0 aliphatic rings. The van der Waals surface area contributed by atoms with Crippen LogP contribution >= 0.6 is 0 Å². The van der Waals surface area contributed by atoms with E-state index in [4.69, 9.17) is 9.47 Å². The van der Waals surface area contributed by atoms with Crippen LogP contribution in [-0.2, 0) is 13.2 Å². The number of ether oxygens (including phenoxy) is 2. The molecule has 1 aromatic heterocycles. The third-order valence-electron chi connectivity index (χ3n) is 3.56. The van der Waals surface area contributed by atoms with Crippen LogP contribution in [0, 0.1) is 0 Å². The molecule has 0 unspecified atom stereocenters. The number of amides is 1. The second-order valence-corrected chi connectivity index (χ2v) is 5.31. The van der Waals surface area contributed by atoms with E-state index in [1.54, 1.807) is 0 Å². The summed E-state index contributed by atoms with van der Waals surface area (Å²) in [6.07, 6.45) is -3.68. The van der Waals surface area contributed by atoms with E-state index in [2.05, 4.69) is 10.2 Å². The molecule has 0 bridgehead atoms. The fraction of sp³-hybridized carbons (Fsp3) is 0.250. The largest absolute Gasteiger partial charge is 0.493 e.